The van der Waals surface area contributed by atoms with Crippen molar-refractivity contribution >= 4 is 29.2 Å². The van der Waals surface area contributed by atoms with Gasteiger partial charge in [0.2, 0.25) is 0 Å². The van der Waals surface area contributed by atoms with E-state index in [1.54, 1.807) is 36.4 Å². The van der Waals surface area contributed by atoms with Gasteiger partial charge in [0.15, 0.2) is 17.5 Å². The summed E-state index contributed by atoms with van der Waals surface area (Å²) in [5.41, 5.74) is 4.66. The summed E-state index contributed by atoms with van der Waals surface area (Å²) in [5.74, 6) is -0.429. The summed E-state index contributed by atoms with van der Waals surface area (Å²) in [6.45, 7) is 0.155. The largest absolute Gasteiger partial charge is 0.544 e. The van der Waals surface area contributed by atoms with Gasteiger partial charge in [-0.3, -0.25) is 0 Å². The van der Waals surface area contributed by atoms with E-state index in [-0.39, 0.29) is 6.61 Å². The number of rotatable bonds is 6. The van der Waals surface area contributed by atoms with Crippen LogP contribution in [-0.2, 0) is 11.4 Å². The molecule has 2 aromatic carbocycles. The maximum absolute atomic E-state index is 10.9. The van der Waals surface area contributed by atoms with Gasteiger partial charge in [-0.05, 0) is 30.3 Å². The van der Waals surface area contributed by atoms with Crippen LogP contribution in [0.1, 0.15) is 17.2 Å². The summed E-state index contributed by atoms with van der Waals surface area (Å²) in [7, 11) is 1.46. The number of carboxylic acid groups (broad SMARTS) is 1. The number of halogens is 2. The number of hydrogen-bond acceptors (Lipinski definition) is 4. The van der Waals surface area contributed by atoms with Crippen LogP contribution in [0.15, 0.2) is 36.4 Å². The Morgan fingerprint density at radius 2 is 1.87 bits per heavy atom. The number of aliphatic carboxylic acids is 1. The van der Waals surface area contributed by atoms with Gasteiger partial charge in [-0.25, -0.2) is 0 Å². The van der Waals surface area contributed by atoms with E-state index in [1.807, 2.05) is 0 Å². The second kappa shape index (κ2) is 7.55. The zero-order valence-electron chi connectivity index (χ0n) is 12.3. The van der Waals surface area contributed by atoms with Gasteiger partial charge >= 0.3 is 0 Å². The standard InChI is InChI=1S/C16H15Cl2NO4/c1-22-14-7-9(15(19)16(20)21)5-6-13(14)23-8-10-11(17)3-2-4-12(10)18/h2-7,15H,8,19H2,1H3,(H,20,21)/t15-/m0/s1. The summed E-state index contributed by atoms with van der Waals surface area (Å²) in [6.07, 6.45) is 0. The third-order valence-corrected chi connectivity index (χ3v) is 4.02. The predicted octanol–water partition coefficient (Wildman–Crippen LogP) is 1.61. The van der Waals surface area contributed by atoms with Crippen molar-refractivity contribution in [3.05, 3.63) is 57.6 Å². The van der Waals surface area contributed by atoms with E-state index < -0.39 is 12.0 Å². The number of quaternary nitrogens is 1. The fraction of sp³-hybridized carbons (Fsp3) is 0.188. The minimum absolute atomic E-state index is 0.155. The molecule has 0 radical (unpaired) electrons. The van der Waals surface area contributed by atoms with Crippen LogP contribution in [0.2, 0.25) is 10.0 Å². The van der Waals surface area contributed by atoms with Crippen molar-refractivity contribution in [1.82, 2.24) is 0 Å². The van der Waals surface area contributed by atoms with Crippen LogP contribution < -0.4 is 20.3 Å². The molecule has 3 N–H and O–H groups in total. The molecule has 2 rings (SSSR count). The van der Waals surface area contributed by atoms with Crippen LogP contribution >= 0.6 is 23.2 Å². The number of carbonyl (C=O) groups excluding carboxylic acids is 1. The second-order valence-electron chi connectivity index (χ2n) is 4.77. The minimum atomic E-state index is -1.26. The van der Waals surface area contributed by atoms with Gasteiger partial charge in [0.1, 0.15) is 12.6 Å². The molecule has 0 aliphatic heterocycles. The molecule has 0 saturated heterocycles. The number of carbonyl (C=O) groups is 1. The number of benzene rings is 2. The summed E-state index contributed by atoms with van der Waals surface area (Å²) >= 11 is 12.2. The fourth-order valence-corrected chi connectivity index (χ4v) is 2.48. The van der Waals surface area contributed by atoms with Gasteiger partial charge in [-0.2, -0.15) is 0 Å². The van der Waals surface area contributed by atoms with E-state index in [0.717, 1.165) is 0 Å². The number of carboxylic acids is 1. The molecule has 0 aliphatic rings. The molecular weight excluding hydrogens is 341 g/mol. The number of methoxy groups -OCH3 is 1. The van der Waals surface area contributed by atoms with Crippen molar-refractivity contribution in [2.75, 3.05) is 7.11 Å². The van der Waals surface area contributed by atoms with Gasteiger partial charge in [-0.15, -0.1) is 0 Å². The van der Waals surface area contributed by atoms with Crippen LogP contribution in [0.3, 0.4) is 0 Å². The van der Waals surface area contributed by atoms with Gasteiger partial charge in [0.05, 0.1) is 7.11 Å². The van der Waals surface area contributed by atoms with E-state index in [1.165, 1.54) is 7.11 Å². The first-order chi connectivity index (χ1) is 10.9. The van der Waals surface area contributed by atoms with Crippen molar-refractivity contribution in [2.24, 2.45) is 0 Å². The number of ether oxygens (including phenoxy) is 2. The predicted molar refractivity (Wildman–Crippen MR) is 84.4 cm³/mol. The van der Waals surface area contributed by atoms with Crippen LogP contribution in [0.5, 0.6) is 11.5 Å². The first-order valence-corrected chi connectivity index (χ1v) is 7.47. The zero-order valence-corrected chi connectivity index (χ0v) is 13.9. The monoisotopic (exact) mass is 355 g/mol. The third kappa shape index (κ3) is 4.07. The molecule has 0 aromatic heterocycles. The Morgan fingerprint density at radius 1 is 1.22 bits per heavy atom. The van der Waals surface area contributed by atoms with E-state index in [9.17, 15) is 9.90 Å². The Morgan fingerprint density at radius 3 is 2.43 bits per heavy atom. The molecule has 5 nitrogen and oxygen atoms in total. The van der Waals surface area contributed by atoms with Crippen LogP contribution in [0.25, 0.3) is 0 Å². The molecule has 0 amide bonds. The normalized spacial score (nSPS) is 11.8. The van der Waals surface area contributed by atoms with E-state index in [4.69, 9.17) is 32.7 Å². The molecule has 0 heterocycles. The van der Waals surface area contributed by atoms with E-state index in [0.29, 0.717) is 32.7 Å². The van der Waals surface area contributed by atoms with Crippen molar-refractivity contribution in [3.63, 3.8) is 0 Å². The highest BCUT2D eigenvalue weighted by Gasteiger charge is 2.15. The molecule has 0 unspecified atom stereocenters. The maximum atomic E-state index is 10.9. The fourth-order valence-electron chi connectivity index (χ4n) is 1.98. The first-order valence-electron chi connectivity index (χ1n) is 6.71. The molecule has 0 saturated carbocycles. The Hall–Kier alpha value is -1.95. The SMILES string of the molecule is COc1cc([C@H]([NH3+])C(=O)[O-])ccc1OCc1c(Cl)cccc1Cl. The zero-order chi connectivity index (χ0) is 17.0. The average molecular weight is 356 g/mol. The Balaban J connectivity index is 2.22. The van der Waals surface area contributed by atoms with Gasteiger partial charge in [0, 0.05) is 21.2 Å². The van der Waals surface area contributed by atoms with E-state index >= 15 is 0 Å². The topological polar surface area (TPSA) is 86.2 Å². The lowest BCUT2D eigenvalue weighted by Crippen LogP contribution is -2.61. The summed E-state index contributed by atoms with van der Waals surface area (Å²) < 4.78 is 10.9. The molecule has 0 aliphatic carbocycles. The third-order valence-electron chi connectivity index (χ3n) is 3.31. The molecule has 0 bridgehead atoms. The summed E-state index contributed by atoms with van der Waals surface area (Å²) in [5, 5.41) is 11.9. The van der Waals surface area contributed by atoms with Gasteiger partial charge in [-0.1, -0.05) is 29.3 Å². The lowest BCUT2D eigenvalue weighted by Gasteiger charge is -2.15. The maximum Gasteiger partial charge on any atom is 0.161 e. The van der Waals surface area contributed by atoms with Crippen molar-refractivity contribution in [1.29, 1.82) is 0 Å². The van der Waals surface area contributed by atoms with Crippen LogP contribution in [0.4, 0.5) is 0 Å². The van der Waals surface area contributed by atoms with Crippen LogP contribution in [-0.4, -0.2) is 13.1 Å². The summed E-state index contributed by atoms with van der Waals surface area (Å²) in [6, 6.07) is 8.96. The minimum Gasteiger partial charge on any atom is -0.544 e. The highest BCUT2D eigenvalue weighted by molar-refractivity contribution is 6.35. The molecule has 23 heavy (non-hydrogen) atoms. The van der Waals surface area contributed by atoms with Gasteiger partial charge in [0.25, 0.3) is 0 Å². The Bertz CT molecular complexity index is 701. The van der Waals surface area contributed by atoms with Crippen LogP contribution in [0, 0.1) is 0 Å². The smallest absolute Gasteiger partial charge is 0.161 e. The Labute approximate surface area is 143 Å². The molecule has 122 valence electrons. The highest BCUT2D eigenvalue weighted by atomic mass is 35.5. The molecule has 1 atom stereocenters. The highest BCUT2D eigenvalue weighted by Crippen LogP contribution is 2.32. The molecule has 0 fully saturated rings. The molecular formula is C16H15Cl2NO4. The first kappa shape index (κ1) is 17.4. The molecule has 2 aromatic rings. The van der Waals surface area contributed by atoms with E-state index in [2.05, 4.69) is 5.73 Å². The average Bonchev–Trinajstić information content (AvgIpc) is 2.53. The second-order valence-corrected chi connectivity index (χ2v) is 5.59. The lowest BCUT2D eigenvalue weighted by molar-refractivity contribution is -0.443. The molecule has 0 spiro atoms. The summed E-state index contributed by atoms with van der Waals surface area (Å²) in [4.78, 5) is 10.9. The van der Waals surface area contributed by atoms with Crippen molar-refractivity contribution in [3.8, 4) is 11.5 Å². The lowest BCUT2D eigenvalue weighted by atomic mass is 10.1. The van der Waals surface area contributed by atoms with Crippen molar-refractivity contribution < 1.29 is 25.1 Å². The van der Waals surface area contributed by atoms with Crippen molar-refractivity contribution in [2.45, 2.75) is 12.6 Å². The number of hydrogen-bond donors (Lipinski definition) is 1. The molecule has 7 heteroatoms. The quantitative estimate of drug-likeness (QED) is 0.852. The van der Waals surface area contributed by atoms with Gasteiger partial charge < -0.3 is 25.1 Å². The Kier molecular flexibility index (Phi) is 5.71.